The largest absolute Gasteiger partial charge is 0.310 e. The summed E-state index contributed by atoms with van der Waals surface area (Å²) in [5, 5.41) is 4.22. The fraction of sp³-hybridized carbons (Fsp3) is 0.0196. The number of nitrogens with zero attached hydrogens (tertiary/aromatic N) is 1. The average Bonchev–Trinajstić information content (AvgIpc) is 3.81. The summed E-state index contributed by atoms with van der Waals surface area (Å²) < 4.78 is 66.7. The monoisotopic (exact) mass is 698 g/mol. The molecule has 0 saturated heterocycles. The van der Waals surface area contributed by atoms with Gasteiger partial charge >= 0.3 is 0 Å². The van der Waals surface area contributed by atoms with Gasteiger partial charge in [0.2, 0.25) is 0 Å². The molecule has 53 heavy (non-hydrogen) atoms. The van der Waals surface area contributed by atoms with Crippen LogP contribution in [0.2, 0.25) is 0 Å². The van der Waals surface area contributed by atoms with Crippen LogP contribution in [0.5, 0.6) is 0 Å². The Labute approximate surface area is 322 Å². The fourth-order valence-electron chi connectivity index (χ4n) is 8.69. The third kappa shape index (κ3) is 4.37. The molecule has 0 radical (unpaired) electrons. The number of hydrogen-bond donors (Lipinski definition) is 0. The molecule has 0 spiro atoms. The Morgan fingerprint density at radius 2 is 1.13 bits per heavy atom. The average molecular weight is 699 g/mol. The van der Waals surface area contributed by atoms with Gasteiger partial charge in [0.1, 0.15) is 0 Å². The van der Waals surface area contributed by atoms with Crippen LogP contribution in [0.3, 0.4) is 0 Å². The Hall–Kier alpha value is -6.48. The Balaban J connectivity index is 1.33. The molecular formula is C51H33NS. The third-order valence-corrected chi connectivity index (χ3v) is 11.9. The van der Waals surface area contributed by atoms with Crippen LogP contribution >= 0.6 is 11.3 Å². The number of thiophene rings is 1. The van der Waals surface area contributed by atoms with E-state index in [1.54, 1.807) is 11.3 Å². The van der Waals surface area contributed by atoms with Crippen molar-refractivity contribution in [2.45, 2.75) is 5.41 Å². The summed E-state index contributed by atoms with van der Waals surface area (Å²) in [7, 11) is 0. The van der Waals surface area contributed by atoms with E-state index in [4.69, 9.17) is 5.48 Å². The van der Waals surface area contributed by atoms with E-state index in [9.17, 15) is 4.11 Å². The van der Waals surface area contributed by atoms with Gasteiger partial charge in [0, 0.05) is 36.9 Å². The highest BCUT2D eigenvalue weighted by Crippen LogP contribution is 2.60. The molecule has 1 aromatic heterocycles. The SMILES string of the molecule is [2H]c1c([2H])c([2H])c2c(C3(c4cccc5sc6ccccc6c45)c4ccccc4-c4cc(N(c5ccccc5)c5cccc6ccccc56)ccc43)c([2H])c([2H])c([2H])c2c1[2H]. The molecule has 0 bridgehead atoms. The summed E-state index contributed by atoms with van der Waals surface area (Å²) in [5.74, 6) is 0. The highest BCUT2D eigenvalue weighted by Gasteiger charge is 2.48. The predicted octanol–water partition coefficient (Wildman–Crippen LogP) is 14.2. The van der Waals surface area contributed by atoms with Crippen molar-refractivity contribution in [3.05, 3.63) is 222 Å². The number of anilines is 3. The van der Waals surface area contributed by atoms with Crippen molar-refractivity contribution < 1.29 is 9.60 Å². The molecule has 0 N–H and O–H groups in total. The van der Waals surface area contributed by atoms with Crippen LogP contribution in [-0.4, -0.2) is 0 Å². The second-order valence-electron chi connectivity index (χ2n) is 13.5. The Morgan fingerprint density at radius 3 is 2.08 bits per heavy atom. The van der Waals surface area contributed by atoms with E-state index >= 15 is 0 Å². The first-order valence-electron chi connectivity index (χ1n) is 21.2. The molecule has 0 fully saturated rings. The van der Waals surface area contributed by atoms with Gasteiger partial charge in [0.15, 0.2) is 0 Å². The van der Waals surface area contributed by atoms with Crippen LogP contribution in [0.15, 0.2) is 200 Å². The first kappa shape index (κ1) is 23.9. The van der Waals surface area contributed by atoms with Crippen molar-refractivity contribution in [1.29, 1.82) is 0 Å². The number of hydrogen-bond acceptors (Lipinski definition) is 2. The van der Waals surface area contributed by atoms with Crippen LogP contribution in [0.25, 0.3) is 52.8 Å². The van der Waals surface area contributed by atoms with Gasteiger partial charge in [0.25, 0.3) is 0 Å². The molecule has 1 atom stereocenters. The highest BCUT2D eigenvalue weighted by molar-refractivity contribution is 7.25. The summed E-state index contributed by atoms with van der Waals surface area (Å²) in [6.45, 7) is 0. The molecule has 0 amide bonds. The Morgan fingerprint density at radius 1 is 0.434 bits per heavy atom. The molecule has 1 nitrogen and oxygen atoms in total. The fourth-order valence-corrected chi connectivity index (χ4v) is 9.83. The maximum absolute atomic E-state index is 9.91. The minimum atomic E-state index is -1.36. The van der Waals surface area contributed by atoms with E-state index in [1.807, 2.05) is 54.6 Å². The molecule has 1 aliphatic rings. The lowest BCUT2D eigenvalue weighted by Gasteiger charge is -2.36. The summed E-state index contributed by atoms with van der Waals surface area (Å²) in [5.41, 5.74) is 6.08. The van der Waals surface area contributed by atoms with Crippen molar-refractivity contribution in [2.75, 3.05) is 4.90 Å². The van der Waals surface area contributed by atoms with Crippen LogP contribution in [0, 0.1) is 0 Å². The zero-order valence-corrected chi connectivity index (χ0v) is 29.2. The van der Waals surface area contributed by atoms with E-state index in [0.29, 0.717) is 0 Å². The lowest BCUT2D eigenvalue weighted by Crippen LogP contribution is -2.29. The third-order valence-electron chi connectivity index (χ3n) is 10.8. The molecule has 10 aromatic rings. The number of benzene rings is 9. The minimum Gasteiger partial charge on any atom is -0.310 e. The highest BCUT2D eigenvalue weighted by atomic mass is 32.1. The first-order valence-corrected chi connectivity index (χ1v) is 18.5. The van der Waals surface area contributed by atoms with Crippen molar-refractivity contribution in [2.24, 2.45) is 0 Å². The van der Waals surface area contributed by atoms with Gasteiger partial charge in [-0.05, 0) is 92.0 Å². The van der Waals surface area contributed by atoms with E-state index in [0.717, 1.165) is 75.8 Å². The van der Waals surface area contributed by atoms with Crippen LogP contribution in [-0.2, 0) is 5.41 Å². The second kappa shape index (κ2) is 11.8. The van der Waals surface area contributed by atoms with Crippen molar-refractivity contribution in [1.82, 2.24) is 0 Å². The summed E-state index contributed by atoms with van der Waals surface area (Å²) >= 11 is 1.67. The molecule has 1 aliphatic carbocycles. The van der Waals surface area contributed by atoms with Crippen LogP contribution in [0.1, 0.15) is 31.8 Å². The topological polar surface area (TPSA) is 3.24 Å². The molecule has 0 saturated carbocycles. The molecule has 2 heteroatoms. The van der Waals surface area contributed by atoms with E-state index in [2.05, 4.69) is 108 Å². The van der Waals surface area contributed by atoms with Gasteiger partial charge in [0.05, 0.1) is 20.7 Å². The molecular weight excluding hydrogens is 659 g/mol. The quantitative estimate of drug-likeness (QED) is 0.173. The standard InChI is InChI=1S/C51H33NS/c1-2-19-36(20-3-1)52(47-28-13-18-35-16-5-7-22-39(35)47)37-31-32-45-42(33-37)40-23-8-10-25-44(40)51(45,43-26-12-17-34-15-4-6-21-38(34)43)46-27-14-30-49-50(46)41-24-9-11-29-48(41)53-49/h1-33H/i4D,6D,12D,15D,17D,21D,26D. The number of rotatable bonds is 5. The molecule has 11 rings (SSSR count). The van der Waals surface area contributed by atoms with Crippen molar-refractivity contribution in [3.8, 4) is 11.1 Å². The maximum atomic E-state index is 9.91. The first-order chi connectivity index (χ1) is 29.2. The van der Waals surface area contributed by atoms with Crippen LogP contribution < -0.4 is 4.90 Å². The van der Waals surface area contributed by atoms with Crippen molar-refractivity contribution in [3.63, 3.8) is 0 Å². The normalized spacial score (nSPS) is 16.7. The van der Waals surface area contributed by atoms with E-state index < -0.39 is 35.6 Å². The smallest absolute Gasteiger partial charge is 0.0726 e. The van der Waals surface area contributed by atoms with Crippen molar-refractivity contribution >= 4 is 70.1 Å². The van der Waals surface area contributed by atoms with E-state index in [-0.39, 0.29) is 28.4 Å². The van der Waals surface area contributed by atoms with E-state index in [1.165, 1.54) is 0 Å². The molecule has 248 valence electrons. The summed E-state index contributed by atoms with van der Waals surface area (Å²) in [4.78, 5) is 2.26. The summed E-state index contributed by atoms with van der Waals surface area (Å²) in [6, 6.07) is 51.2. The Bertz CT molecular complexity index is 3420. The number of para-hydroxylation sites is 1. The lowest BCUT2D eigenvalue weighted by atomic mass is 9.65. The molecule has 1 unspecified atom stereocenters. The van der Waals surface area contributed by atoms with Gasteiger partial charge < -0.3 is 4.90 Å². The predicted molar refractivity (Wildman–Crippen MR) is 226 cm³/mol. The maximum Gasteiger partial charge on any atom is 0.0726 e. The second-order valence-corrected chi connectivity index (χ2v) is 14.6. The van der Waals surface area contributed by atoms with Gasteiger partial charge in [-0.15, -0.1) is 11.3 Å². The van der Waals surface area contributed by atoms with Crippen LogP contribution in [0.4, 0.5) is 17.1 Å². The Kier molecular flexibility index (Phi) is 5.31. The van der Waals surface area contributed by atoms with Gasteiger partial charge in [-0.25, -0.2) is 0 Å². The molecule has 1 heterocycles. The summed E-state index contributed by atoms with van der Waals surface area (Å²) in [6.07, 6.45) is 0. The van der Waals surface area contributed by atoms with Gasteiger partial charge in [-0.1, -0.05) is 158 Å². The lowest BCUT2D eigenvalue weighted by molar-refractivity contribution is 0.785. The molecule has 0 aliphatic heterocycles. The molecule has 9 aromatic carbocycles. The van der Waals surface area contributed by atoms with Gasteiger partial charge in [-0.2, -0.15) is 0 Å². The number of fused-ring (bicyclic) bond motifs is 8. The minimum absolute atomic E-state index is 0.0625. The zero-order valence-electron chi connectivity index (χ0n) is 35.4. The zero-order chi connectivity index (χ0) is 41.0. The van der Waals surface area contributed by atoms with Gasteiger partial charge in [-0.3, -0.25) is 0 Å².